The molecule has 0 amide bonds. The highest BCUT2D eigenvalue weighted by Gasteiger charge is 2.22. The fraction of sp³-hybridized carbons (Fsp3) is 0.444. The number of fused-ring (bicyclic) bond motifs is 1. The van der Waals surface area contributed by atoms with Crippen molar-refractivity contribution in [2.45, 2.75) is 32.7 Å². The zero-order valence-corrected chi connectivity index (χ0v) is 15.0. The Hall–Kier alpha value is -2.05. The maximum absolute atomic E-state index is 12.5. The Morgan fingerprint density at radius 1 is 1.36 bits per heavy atom. The Labute approximate surface area is 149 Å². The van der Waals surface area contributed by atoms with Gasteiger partial charge in [-0.3, -0.25) is 4.79 Å². The highest BCUT2D eigenvalue weighted by Crippen LogP contribution is 2.34. The fourth-order valence-electron chi connectivity index (χ4n) is 3.42. The molecule has 1 N–H and O–H groups in total. The first-order valence-corrected chi connectivity index (χ1v) is 8.65. The molecule has 0 spiro atoms. The first kappa shape index (κ1) is 17.8. The molecule has 6 nitrogen and oxygen atoms in total. The number of likely N-dealkylation sites (tertiary alicyclic amines) is 1. The van der Waals surface area contributed by atoms with E-state index < -0.39 is 11.6 Å². The molecule has 1 aliphatic heterocycles. The molecular weight excluding hydrogens is 346 g/mol. The van der Waals surface area contributed by atoms with Crippen molar-refractivity contribution in [3.63, 3.8) is 0 Å². The molecule has 1 aromatic heterocycles. The number of quaternary nitrogens is 1. The summed E-state index contributed by atoms with van der Waals surface area (Å²) in [5, 5.41) is 13.2. The number of halogens is 1. The molecule has 2 aromatic rings. The molecule has 0 unspecified atom stereocenters. The van der Waals surface area contributed by atoms with Crippen molar-refractivity contribution in [1.29, 1.82) is 0 Å². The van der Waals surface area contributed by atoms with E-state index in [4.69, 9.17) is 16.0 Å². The molecule has 1 fully saturated rings. The van der Waals surface area contributed by atoms with E-state index in [9.17, 15) is 14.7 Å². The average Bonchev–Trinajstić information content (AvgIpc) is 3.10. The van der Waals surface area contributed by atoms with Gasteiger partial charge in [-0.05, 0) is 18.6 Å². The van der Waals surface area contributed by atoms with Crippen molar-refractivity contribution in [3.05, 3.63) is 38.2 Å². The van der Waals surface area contributed by atoms with Crippen LogP contribution < -0.4 is 15.6 Å². The van der Waals surface area contributed by atoms with Crippen LogP contribution in [0, 0.1) is 6.92 Å². The number of esters is 1. The highest BCUT2D eigenvalue weighted by atomic mass is 35.5. The lowest BCUT2D eigenvalue weighted by atomic mass is 10.0. The van der Waals surface area contributed by atoms with Crippen LogP contribution in [0.5, 0.6) is 5.75 Å². The smallest absolute Gasteiger partial charge is 0.340 e. The van der Waals surface area contributed by atoms with Crippen LogP contribution in [0.15, 0.2) is 15.3 Å². The summed E-state index contributed by atoms with van der Waals surface area (Å²) in [7, 11) is 1.26. The maximum Gasteiger partial charge on any atom is 0.340 e. The van der Waals surface area contributed by atoms with E-state index in [2.05, 4.69) is 4.74 Å². The van der Waals surface area contributed by atoms with Crippen LogP contribution in [-0.2, 0) is 22.5 Å². The van der Waals surface area contributed by atoms with Gasteiger partial charge < -0.3 is 19.2 Å². The molecule has 134 valence electrons. The summed E-state index contributed by atoms with van der Waals surface area (Å²) >= 11 is 6.14. The minimum atomic E-state index is -0.616. The number of rotatable bonds is 4. The third kappa shape index (κ3) is 3.37. The predicted octanol–water partition coefficient (Wildman–Crippen LogP) is 0.723. The lowest BCUT2D eigenvalue weighted by Gasteiger charge is -2.21. The van der Waals surface area contributed by atoms with E-state index in [0.29, 0.717) is 23.1 Å². The van der Waals surface area contributed by atoms with E-state index >= 15 is 0 Å². The van der Waals surface area contributed by atoms with Gasteiger partial charge in [-0.1, -0.05) is 17.4 Å². The van der Waals surface area contributed by atoms with Crippen LogP contribution >= 0.6 is 11.6 Å². The number of methoxy groups -OCH3 is 1. The van der Waals surface area contributed by atoms with Gasteiger partial charge in [-0.25, -0.2) is 4.79 Å². The van der Waals surface area contributed by atoms with Crippen molar-refractivity contribution in [1.82, 2.24) is 0 Å². The maximum atomic E-state index is 12.5. The molecule has 2 heterocycles. The second-order valence-corrected chi connectivity index (χ2v) is 6.83. The van der Waals surface area contributed by atoms with E-state index in [1.807, 2.05) is 0 Å². The molecule has 1 aromatic carbocycles. The van der Waals surface area contributed by atoms with Gasteiger partial charge in [0.25, 0.3) is 0 Å². The Morgan fingerprint density at radius 3 is 2.68 bits per heavy atom. The van der Waals surface area contributed by atoms with E-state index in [0.717, 1.165) is 25.9 Å². The number of carbonyl (C=O) groups excluding carboxylic acids is 1. The van der Waals surface area contributed by atoms with Gasteiger partial charge in [-0.2, -0.15) is 0 Å². The summed E-state index contributed by atoms with van der Waals surface area (Å²) in [5.41, 5.74) is 0.925. The zero-order chi connectivity index (χ0) is 18.1. The van der Waals surface area contributed by atoms with Crippen molar-refractivity contribution in [2.24, 2.45) is 0 Å². The van der Waals surface area contributed by atoms with Crippen molar-refractivity contribution in [3.8, 4) is 5.75 Å². The Kier molecular flexibility index (Phi) is 5.01. The number of hydrogen-bond acceptors (Lipinski definition) is 5. The third-order valence-corrected chi connectivity index (χ3v) is 5.15. The van der Waals surface area contributed by atoms with Gasteiger partial charge in [0, 0.05) is 28.8 Å². The number of hydrogen-bond donors (Lipinski definition) is 1. The van der Waals surface area contributed by atoms with Crippen molar-refractivity contribution in [2.75, 3.05) is 20.2 Å². The van der Waals surface area contributed by atoms with Crippen LogP contribution in [0.1, 0.15) is 29.5 Å². The summed E-state index contributed by atoms with van der Waals surface area (Å²) < 4.78 is 10.1. The van der Waals surface area contributed by atoms with Gasteiger partial charge >= 0.3 is 11.6 Å². The van der Waals surface area contributed by atoms with Crippen molar-refractivity contribution >= 4 is 28.5 Å². The number of benzene rings is 1. The molecule has 0 bridgehead atoms. The minimum Gasteiger partial charge on any atom is -0.871 e. The predicted molar refractivity (Wildman–Crippen MR) is 91.0 cm³/mol. The number of aryl methyl sites for hydroxylation is 1. The van der Waals surface area contributed by atoms with Gasteiger partial charge in [0.15, 0.2) is 0 Å². The van der Waals surface area contributed by atoms with Crippen LogP contribution in [0.2, 0.25) is 5.02 Å². The molecule has 1 aliphatic rings. The quantitative estimate of drug-likeness (QED) is 0.637. The molecule has 7 heteroatoms. The number of ether oxygens (including phenoxy) is 1. The Morgan fingerprint density at radius 2 is 2.04 bits per heavy atom. The SMILES string of the molecule is COC(=O)Cc1c(C)c2cc(Cl)c([O-])c(C[NH+]3CCCC3)c2oc1=O. The summed E-state index contributed by atoms with van der Waals surface area (Å²) in [6.45, 7) is 4.17. The second kappa shape index (κ2) is 7.06. The van der Waals surface area contributed by atoms with Crippen LogP contribution in [0.25, 0.3) is 11.0 Å². The first-order valence-electron chi connectivity index (χ1n) is 8.27. The first-order chi connectivity index (χ1) is 11.9. The van der Waals surface area contributed by atoms with Gasteiger partial charge in [-0.15, -0.1) is 0 Å². The van der Waals surface area contributed by atoms with Gasteiger partial charge in [0.05, 0.1) is 32.2 Å². The van der Waals surface area contributed by atoms with E-state index in [-0.39, 0.29) is 28.3 Å². The normalized spacial score (nSPS) is 15.0. The molecule has 25 heavy (non-hydrogen) atoms. The molecule has 0 saturated carbocycles. The second-order valence-electron chi connectivity index (χ2n) is 6.42. The van der Waals surface area contributed by atoms with Gasteiger partial charge in [0.2, 0.25) is 0 Å². The largest absolute Gasteiger partial charge is 0.871 e. The number of nitrogens with one attached hydrogen (secondary N) is 1. The molecule has 3 rings (SSSR count). The monoisotopic (exact) mass is 365 g/mol. The van der Waals surface area contributed by atoms with E-state index in [1.54, 1.807) is 6.92 Å². The van der Waals surface area contributed by atoms with Crippen LogP contribution in [0.3, 0.4) is 0 Å². The standard InChI is InChI=1S/C18H20ClNO5/c1-10-11-7-14(19)16(22)13(9-20-5-3-4-6-20)17(11)25-18(23)12(10)8-15(21)24-2/h7,22H,3-6,8-9H2,1-2H3. The molecule has 0 aliphatic carbocycles. The Balaban J connectivity index is 2.17. The van der Waals surface area contributed by atoms with Crippen LogP contribution in [0.4, 0.5) is 0 Å². The van der Waals surface area contributed by atoms with Crippen LogP contribution in [-0.4, -0.2) is 26.2 Å². The fourth-order valence-corrected chi connectivity index (χ4v) is 3.64. The zero-order valence-electron chi connectivity index (χ0n) is 14.2. The summed E-state index contributed by atoms with van der Waals surface area (Å²) in [6, 6.07) is 1.51. The minimum absolute atomic E-state index is 0.0991. The molecule has 1 saturated heterocycles. The highest BCUT2D eigenvalue weighted by molar-refractivity contribution is 6.33. The molecule has 0 atom stereocenters. The lowest BCUT2D eigenvalue weighted by Crippen LogP contribution is -3.08. The molecule has 0 radical (unpaired) electrons. The topological polar surface area (TPSA) is 84.0 Å². The van der Waals surface area contributed by atoms with Crippen molar-refractivity contribution < 1.29 is 24.0 Å². The number of carbonyl (C=O) groups is 1. The summed E-state index contributed by atoms with van der Waals surface area (Å²) in [4.78, 5) is 25.2. The molecular formula is C18H20ClNO5. The Bertz CT molecular complexity index is 883. The summed E-state index contributed by atoms with van der Waals surface area (Å²) in [6.07, 6.45) is 2.06. The average molecular weight is 366 g/mol. The van der Waals surface area contributed by atoms with Gasteiger partial charge in [0.1, 0.15) is 12.1 Å². The third-order valence-electron chi connectivity index (χ3n) is 4.86. The summed E-state index contributed by atoms with van der Waals surface area (Å²) in [5.74, 6) is -0.820. The lowest BCUT2D eigenvalue weighted by molar-refractivity contribution is -0.901. The van der Waals surface area contributed by atoms with E-state index in [1.165, 1.54) is 18.1 Å².